The Hall–Kier alpha value is -3.67. The lowest BCUT2D eigenvalue weighted by molar-refractivity contribution is 0.133. The minimum absolute atomic E-state index is 0.00620. The zero-order valence-corrected chi connectivity index (χ0v) is 14.4. The smallest absolute Gasteiger partial charge is 0.407 e. The Bertz CT molecular complexity index is 1040. The van der Waals surface area contributed by atoms with Gasteiger partial charge in [0.1, 0.15) is 5.82 Å². The normalized spacial score (nSPS) is 16.9. The van der Waals surface area contributed by atoms with Crippen molar-refractivity contribution in [1.29, 1.82) is 5.26 Å². The maximum atomic E-state index is 11.2. The lowest BCUT2D eigenvalue weighted by Crippen LogP contribution is -2.44. The Morgan fingerprint density at radius 1 is 1.41 bits per heavy atom. The van der Waals surface area contributed by atoms with E-state index in [1.165, 1.54) is 4.90 Å². The number of rotatable bonds is 3. The second-order valence-corrected chi connectivity index (χ2v) is 6.39. The fourth-order valence-corrected chi connectivity index (χ4v) is 3.27. The number of anilines is 1. The molecule has 1 fully saturated rings. The van der Waals surface area contributed by atoms with Gasteiger partial charge in [-0.15, -0.1) is 0 Å². The number of hydrogen-bond donors (Lipinski definition) is 2. The average Bonchev–Trinajstić information content (AvgIpc) is 3.11. The number of carboxylic acid groups (broad SMARTS) is 1. The summed E-state index contributed by atoms with van der Waals surface area (Å²) < 4.78 is 1.67. The van der Waals surface area contributed by atoms with E-state index in [2.05, 4.69) is 26.5 Å². The second kappa shape index (κ2) is 6.92. The van der Waals surface area contributed by atoms with Gasteiger partial charge in [-0.3, -0.25) is 0 Å². The summed E-state index contributed by atoms with van der Waals surface area (Å²) in [5, 5.41) is 25.9. The first-order valence-electron chi connectivity index (χ1n) is 8.59. The third-order valence-corrected chi connectivity index (χ3v) is 4.59. The van der Waals surface area contributed by atoms with Gasteiger partial charge < -0.3 is 15.3 Å². The van der Waals surface area contributed by atoms with Crippen LogP contribution in [-0.4, -0.2) is 54.8 Å². The molecule has 136 valence electrons. The van der Waals surface area contributed by atoms with Crippen LogP contribution in [0.4, 0.5) is 10.6 Å². The third kappa shape index (κ3) is 3.37. The van der Waals surface area contributed by atoms with Crippen LogP contribution in [0.25, 0.3) is 16.9 Å². The molecule has 1 atom stereocenters. The first-order valence-corrected chi connectivity index (χ1v) is 8.59. The third-order valence-electron chi connectivity index (χ3n) is 4.59. The SMILES string of the molecule is N#Cc1ccn2ncc(-c3nccc(N[C@@H]4CCCN(C(=O)O)C4)n3)c2c1. The van der Waals surface area contributed by atoms with Gasteiger partial charge in [0.05, 0.1) is 28.9 Å². The largest absolute Gasteiger partial charge is 0.465 e. The van der Waals surface area contributed by atoms with E-state index in [0.29, 0.717) is 30.3 Å². The summed E-state index contributed by atoms with van der Waals surface area (Å²) in [7, 11) is 0. The molecule has 1 saturated heterocycles. The van der Waals surface area contributed by atoms with Crippen LogP contribution in [0.15, 0.2) is 36.8 Å². The van der Waals surface area contributed by atoms with Crippen molar-refractivity contribution in [3.8, 4) is 17.5 Å². The van der Waals surface area contributed by atoms with Crippen LogP contribution < -0.4 is 5.32 Å². The number of nitrogens with zero attached hydrogens (tertiary/aromatic N) is 6. The number of nitrogens with one attached hydrogen (secondary N) is 1. The lowest BCUT2D eigenvalue weighted by Gasteiger charge is -2.31. The van der Waals surface area contributed by atoms with Crippen molar-refractivity contribution in [3.63, 3.8) is 0 Å². The van der Waals surface area contributed by atoms with E-state index in [9.17, 15) is 9.90 Å². The molecule has 1 aliphatic heterocycles. The van der Waals surface area contributed by atoms with Crippen molar-refractivity contribution < 1.29 is 9.90 Å². The van der Waals surface area contributed by atoms with Crippen LogP contribution >= 0.6 is 0 Å². The first-order chi connectivity index (χ1) is 13.1. The highest BCUT2D eigenvalue weighted by atomic mass is 16.4. The van der Waals surface area contributed by atoms with E-state index >= 15 is 0 Å². The van der Waals surface area contributed by atoms with Gasteiger partial charge in [-0.25, -0.2) is 19.3 Å². The molecule has 4 heterocycles. The maximum absolute atomic E-state index is 11.2. The number of likely N-dealkylation sites (tertiary alicyclic amines) is 1. The highest BCUT2D eigenvalue weighted by Gasteiger charge is 2.23. The molecule has 0 radical (unpaired) electrons. The molecule has 1 aliphatic rings. The fourth-order valence-electron chi connectivity index (χ4n) is 3.27. The molecule has 0 aliphatic carbocycles. The second-order valence-electron chi connectivity index (χ2n) is 6.39. The molecule has 4 rings (SSSR count). The van der Waals surface area contributed by atoms with Gasteiger partial charge in [0.25, 0.3) is 0 Å². The molecule has 0 spiro atoms. The van der Waals surface area contributed by atoms with Crippen molar-refractivity contribution in [2.24, 2.45) is 0 Å². The van der Waals surface area contributed by atoms with Crippen molar-refractivity contribution >= 4 is 17.4 Å². The molecule has 9 nitrogen and oxygen atoms in total. The number of carbonyl (C=O) groups is 1. The van der Waals surface area contributed by atoms with Gasteiger partial charge in [-0.1, -0.05) is 0 Å². The summed E-state index contributed by atoms with van der Waals surface area (Å²) in [6.07, 6.45) is 5.84. The van der Waals surface area contributed by atoms with E-state index < -0.39 is 6.09 Å². The Morgan fingerprint density at radius 2 is 2.30 bits per heavy atom. The quantitative estimate of drug-likeness (QED) is 0.732. The molecule has 3 aromatic rings. The molecule has 3 aromatic heterocycles. The fraction of sp³-hybridized carbons (Fsp3) is 0.278. The zero-order valence-electron chi connectivity index (χ0n) is 14.4. The topological polar surface area (TPSA) is 119 Å². The molecule has 1 amide bonds. The standard InChI is InChI=1S/C18H17N7O2/c19-9-12-4-7-25-15(8-12)14(10-21-25)17-20-5-3-16(23-17)22-13-2-1-6-24(11-13)18(26)27/h3-5,7-8,10,13H,1-2,6,11H2,(H,26,27)(H,20,22,23)/t13-/m1/s1. The van der Waals surface area contributed by atoms with E-state index in [-0.39, 0.29) is 6.04 Å². The number of nitriles is 1. The van der Waals surface area contributed by atoms with Gasteiger partial charge in [-0.05, 0) is 31.0 Å². The number of fused-ring (bicyclic) bond motifs is 1. The zero-order chi connectivity index (χ0) is 18.8. The molecule has 0 bridgehead atoms. The van der Waals surface area contributed by atoms with E-state index in [4.69, 9.17) is 5.26 Å². The van der Waals surface area contributed by atoms with E-state index in [0.717, 1.165) is 23.9 Å². The minimum Gasteiger partial charge on any atom is -0.465 e. The Labute approximate surface area is 154 Å². The van der Waals surface area contributed by atoms with Crippen LogP contribution in [0.2, 0.25) is 0 Å². The van der Waals surface area contributed by atoms with E-state index in [1.54, 1.807) is 41.3 Å². The van der Waals surface area contributed by atoms with Gasteiger partial charge in [-0.2, -0.15) is 10.4 Å². The van der Waals surface area contributed by atoms with Crippen LogP contribution in [0.5, 0.6) is 0 Å². The Balaban J connectivity index is 1.60. The van der Waals surface area contributed by atoms with Crippen molar-refractivity contribution in [3.05, 3.63) is 42.4 Å². The maximum Gasteiger partial charge on any atom is 0.407 e. The lowest BCUT2D eigenvalue weighted by atomic mass is 10.1. The van der Waals surface area contributed by atoms with Crippen molar-refractivity contribution in [2.75, 3.05) is 18.4 Å². The molecule has 0 saturated carbocycles. The number of hydrogen-bond acceptors (Lipinski definition) is 6. The van der Waals surface area contributed by atoms with Gasteiger partial charge in [0.15, 0.2) is 5.82 Å². The predicted molar refractivity (Wildman–Crippen MR) is 97.2 cm³/mol. The van der Waals surface area contributed by atoms with Crippen molar-refractivity contribution in [2.45, 2.75) is 18.9 Å². The highest BCUT2D eigenvalue weighted by molar-refractivity contribution is 5.77. The van der Waals surface area contributed by atoms with Gasteiger partial charge in [0, 0.05) is 31.5 Å². The highest BCUT2D eigenvalue weighted by Crippen LogP contribution is 2.23. The van der Waals surface area contributed by atoms with Crippen molar-refractivity contribution in [1.82, 2.24) is 24.5 Å². The van der Waals surface area contributed by atoms with Gasteiger partial charge in [0.2, 0.25) is 0 Å². The number of amides is 1. The van der Waals surface area contributed by atoms with Crippen LogP contribution in [0, 0.1) is 11.3 Å². The average molecular weight is 363 g/mol. The predicted octanol–water partition coefficient (Wildman–Crippen LogP) is 2.22. The molecule has 9 heteroatoms. The summed E-state index contributed by atoms with van der Waals surface area (Å²) in [5.41, 5.74) is 2.02. The summed E-state index contributed by atoms with van der Waals surface area (Å²) in [6.45, 7) is 0.989. The molecule has 2 N–H and O–H groups in total. The molecule has 0 unspecified atom stereocenters. The monoisotopic (exact) mass is 363 g/mol. The Kier molecular flexibility index (Phi) is 4.30. The number of piperidine rings is 1. The van der Waals surface area contributed by atoms with Crippen LogP contribution in [0.1, 0.15) is 18.4 Å². The summed E-state index contributed by atoms with van der Waals surface area (Å²) >= 11 is 0. The minimum atomic E-state index is -0.899. The summed E-state index contributed by atoms with van der Waals surface area (Å²) in [6, 6.07) is 7.33. The first kappa shape index (κ1) is 16.8. The molecular formula is C18H17N7O2. The van der Waals surface area contributed by atoms with Crippen LogP contribution in [0.3, 0.4) is 0 Å². The summed E-state index contributed by atoms with van der Waals surface area (Å²) in [5.74, 6) is 1.13. The molecular weight excluding hydrogens is 346 g/mol. The van der Waals surface area contributed by atoms with Crippen LogP contribution in [-0.2, 0) is 0 Å². The number of pyridine rings is 1. The number of aromatic nitrogens is 4. The Morgan fingerprint density at radius 3 is 3.11 bits per heavy atom. The molecule has 0 aromatic carbocycles. The molecule has 27 heavy (non-hydrogen) atoms. The van der Waals surface area contributed by atoms with Gasteiger partial charge >= 0.3 is 6.09 Å². The summed E-state index contributed by atoms with van der Waals surface area (Å²) in [4.78, 5) is 21.5. The van der Waals surface area contributed by atoms with E-state index in [1.807, 2.05) is 0 Å².